The van der Waals surface area contributed by atoms with Crippen LogP contribution in [0.5, 0.6) is 0 Å². The Bertz CT molecular complexity index is 422. The Hall–Kier alpha value is -1.59. The molecule has 0 aliphatic heterocycles. The molecule has 1 aliphatic rings. The summed E-state index contributed by atoms with van der Waals surface area (Å²) >= 11 is 0. The van der Waals surface area contributed by atoms with Gasteiger partial charge in [-0.3, -0.25) is 0 Å². The fourth-order valence-electron chi connectivity index (χ4n) is 1.45. The number of hydrogen-bond donors (Lipinski definition) is 1. The van der Waals surface area contributed by atoms with Crippen LogP contribution in [0.2, 0.25) is 0 Å². The van der Waals surface area contributed by atoms with E-state index in [1.54, 1.807) is 0 Å². The fraction of sp³-hybridized carbons (Fsp3) is 0.400. The Morgan fingerprint density at radius 2 is 2.06 bits per heavy atom. The molecule has 0 radical (unpaired) electrons. The minimum Gasteiger partial charge on any atom is -0.384 e. The molecule has 0 unspecified atom stereocenters. The van der Waals surface area contributed by atoms with Crippen molar-refractivity contribution in [3.05, 3.63) is 23.7 Å². The summed E-state index contributed by atoms with van der Waals surface area (Å²) in [7, 11) is 0. The van der Waals surface area contributed by atoms with Gasteiger partial charge in [-0.05, 0) is 24.8 Å². The normalized spacial score (nSPS) is 17.6. The van der Waals surface area contributed by atoms with Crippen molar-refractivity contribution in [1.29, 1.82) is 0 Å². The Morgan fingerprint density at radius 1 is 1.38 bits per heavy atom. The Labute approximate surface area is 90.2 Å². The van der Waals surface area contributed by atoms with Crippen molar-refractivity contribution in [1.82, 2.24) is 9.97 Å². The van der Waals surface area contributed by atoms with Crippen LogP contribution in [0.15, 0.2) is 18.0 Å². The lowest BCUT2D eigenvalue weighted by Crippen LogP contribution is -2.13. The van der Waals surface area contributed by atoms with E-state index in [0.717, 1.165) is 12.4 Å². The standard InChI is InChI=1S/C10H10F3N3/c11-10(12,13)8(6-1-2-6)3-7-4-9(14)16-5-15-7/h3-6H,1-2H2,(H2,14,15,16). The van der Waals surface area contributed by atoms with Gasteiger partial charge in [0.25, 0.3) is 0 Å². The Kier molecular flexibility index (Phi) is 2.57. The second-order valence-corrected chi connectivity index (χ2v) is 3.74. The molecule has 86 valence electrons. The lowest BCUT2D eigenvalue weighted by atomic mass is 10.1. The van der Waals surface area contributed by atoms with E-state index in [0.29, 0.717) is 12.8 Å². The molecule has 1 aromatic rings. The molecule has 2 N–H and O–H groups in total. The SMILES string of the molecule is Nc1cc(C=C(C2CC2)C(F)(F)F)ncn1. The van der Waals surface area contributed by atoms with E-state index in [9.17, 15) is 13.2 Å². The molecule has 2 rings (SSSR count). The summed E-state index contributed by atoms with van der Waals surface area (Å²) < 4.78 is 38.0. The first-order valence-corrected chi connectivity index (χ1v) is 4.83. The number of hydrogen-bond acceptors (Lipinski definition) is 3. The van der Waals surface area contributed by atoms with Gasteiger partial charge in [-0.15, -0.1) is 0 Å². The quantitative estimate of drug-likeness (QED) is 0.847. The highest BCUT2D eigenvalue weighted by Crippen LogP contribution is 2.45. The van der Waals surface area contributed by atoms with E-state index in [-0.39, 0.29) is 17.4 Å². The topological polar surface area (TPSA) is 51.8 Å². The van der Waals surface area contributed by atoms with Gasteiger partial charge in [0.1, 0.15) is 12.1 Å². The van der Waals surface area contributed by atoms with Crippen molar-refractivity contribution < 1.29 is 13.2 Å². The molecule has 1 fully saturated rings. The molecule has 16 heavy (non-hydrogen) atoms. The van der Waals surface area contributed by atoms with Gasteiger partial charge < -0.3 is 5.73 Å². The third-order valence-corrected chi connectivity index (χ3v) is 2.36. The maximum atomic E-state index is 12.7. The molecule has 6 heteroatoms. The molecule has 0 amide bonds. The molecule has 3 nitrogen and oxygen atoms in total. The van der Waals surface area contributed by atoms with Crippen LogP contribution in [0.3, 0.4) is 0 Å². The molecule has 0 bridgehead atoms. The van der Waals surface area contributed by atoms with E-state index in [1.165, 1.54) is 6.07 Å². The van der Waals surface area contributed by atoms with Crippen LogP contribution in [0.1, 0.15) is 18.5 Å². The maximum Gasteiger partial charge on any atom is 0.413 e. The number of rotatable bonds is 2. The molecule has 0 aromatic carbocycles. The van der Waals surface area contributed by atoms with Gasteiger partial charge in [-0.2, -0.15) is 13.2 Å². The number of nitrogen functional groups attached to an aromatic ring is 1. The summed E-state index contributed by atoms with van der Waals surface area (Å²) in [6.45, 7) is 0. The van der Waals surface area contributed by atoms with Gasteiger partial charge in [0.15, 0.2) is 0 Å². The van der Waals surface area contributed by atoms with Crippen molar-refractivity contribution in [3.63, 3.8) is 0 Å². The minimum atomic E-state index is -4.29. The van der Waals surface area contributed by atoms with E-state index in [4.69, 9.17) is 5.73 Å². The van der Waals surface area contributed by atoms with Crippen LogP contribution in [0.4, 0.5) is 19.0 Å². The number of allylic oxidation sites excluding steroid dienone is 1. The number of nitrogens with two attached hydrogens (primary N) is 1. The molecule has 0 atom stereocenters. The lowest BCUT2D eigenvalue weighted by molar-refractivity contribution is -0.0944. The van der Waals surface area contributed by atoms with E-state index < -0.39 is 11.7 Å². The van der Waals surface area contributed by atoms with Crippen LogP contribution in [0.25, 0.3) is 6.08 Å². The zero-order chi connectivity index (χ0) is 11.8. The summed E-state index contributed by atoms with van der Waals surface area (Å²) in [6, 6.07) is 1.33. The zero-order valence-corrected chi connectivity index (χ0v) is 8.33. The van der Waals surface area contributed by atoms with E-state index >= 15 is 0 Å². The third kappa shape index (κ3) is 2.50. The average molecular weight is 229 g/mol. The first-order chi connectivity index (χ1) is 7.47. The van der Waals surface area contributed by atoms with Crippen molar-refractivity contribution in [2.75, 3.05) is 5.73 Å². The smallest absolute Gasteiger partial charge is 0.384 e. The highest BCUT2D eigenvalue weighted by molar-refractivity contribution is 5.54. The van der Waals surface area contributed by atoms with Gasteiger partial charge in [-0.1, -0.05) is 0 Å². The van der Waals surface area contributed by atoms with Crippen molar-refractivity contribution in [2.45, 2.75) is 19.0 Å². The monoisotopic (exact) mass is 229 g/mol. The summed E-state index contributed by atoms with van der Waals surface area (Å²) in [6.07, 6.45) is -0.906. The fourth-order valence-corrected chi connectivity index (χ4v) is 1.45. The van der Waals surface area contributed by atoms with Crippen LogP contribution < -0.4 is 5.73 Å². The van der Waals surface area contributed by atoms with E-state index in [2.05, 4.69) is 9.97 Å². The van der Waals surface area contributed by atoms with Gasteiger partial charge >= 0.3 is 6.18 Å². The highest BCUT2D eigenvalue weighted by Gasteiger charge is 2.43. The predicted octanol–water partition coefficient (Wildman–Crippen LogP) is 2.41. The summed E-state index contributed by atoms with van der Waals surface area (Å²) in [4.78, 5) is 7.36. The number of anilines is 1. The molecule has 1 aliphatic carbocycles. The van der Waals surface area contributed by atoms with Crippen LogP contribution >= 0.6 is 0 Å². The Balaban J connectivity index is 2.32. The van der Waals surface area contributed by atoms with Gasteiger partial charge in [-0.25, -0.2) is 9.97 Å². The summed E-state index contributed by atoms with van der Waals surface area (Å²) in [5, 5.41) is 0. The predicted molar refractivity (Wildman–Crippen MR) is 53.2 cm³/mol. The maximum absolute atomic E-state index is 12.7. The number of halogens is 3. The molecule has 1 heterocycles. The van der Waals surface area contributed by atoms with Crippen LogP contribution in [-0.4, -0.2) is 16.1 Å². The second-order valence-electron chi connectivity index (χ2n) is 3.74. The lowest BCUT2D eigenvalue weighted by Gasteiger charge is -2.10. The average Bonchev–Trinajstić information content (AvgIpc) is 2.95. The van der Waals surface area contributed by atoms with Crippen molar-refractivity contribution in [3.8, 4) is 0 Å². The highest BCUT2D eigenvalue weighted by atomic mass is 19.4. The van der Waals surface area contributed by atoms with Crippen molar-refractivity contribution in [2.24, 2.45) is 5.92 Å². The first-order valence-electron chi connectivity index (χ1n) is 4.83. The number of alkyl halides is 3. The number of nitrogens with zero attached hydrogens (tertiary/aromatic N) is 2. The zero-order valence-electron chi connectivity index (χ0n) is 8.33. The molecule has 1 aromatic heterocycles. The van der Waals surface area contributed by atoms with Crippen LogP contribution in [-0.2, 0) is 0 Å². The second kappa shape index (κ2) is 3.77. The molecular weight excluding hydrogens is 219 g/mol. The largest absolute Gasteiger partial charge is 0.413 e. The summed E-state index contributed by atoms with van der Waals surface area (Å²) in [5.41, 5.74) is 5.05. The minimum absolute atomic E-state index is 0.165. The molecule has 1 saturated carbocycles. The first kappa shape index (κ1) is 10.9. The van der Waals surface area contributed by atoms with Crippen molar-refractivity contribution >= 4 is 11.9 Å². The molecule has 0 saturated heterocycles. The summed E-state index contributed by atoms with van der Waals surface area (Å²) in [5.74, 6) is -0.213. The van der Waals surface area contributed by atoms with Gasteiger partial charge in [0.05, 0.1) is 5.69 Å². The Morgan fingerprint density at radius 3 is 2.56 bits per heavy atom. The third-order valence-electron chi connectivity index (χ3n) is 2.36. The van der Waals surface area contributed by atoms with Gasteiger partial charge in [0.2, 0.25) is 0 Å². The molecule has 0 spiro atoms. The van der Waals surface area contributed by atoms with Crippen LogP contribution in [0, 0.1) is 5.92 Å². The van der Waals surface area contributed by atoms with E-state index in [1.807, 2.05) is 0 Å². The number of aromatic nitrogens is 2. The van der Waals surface area contributed by atoms with Gasteiger partial charge in [0, 0.05) is 11.6 Å². The molecular formula is C10H10F3N3.